The molecule has 0 aromatic heterocycles. The Morgan fingerprint density at radius 2 is 1.79 bits per heavy atom. The van der Waals surface area contributed by atoms with E-state index in [4.69, 9.17) is 4.74 Å². The van der Waals surface area contributed by atoms with Crippen molar-refractivity contribution in [3.05, 3.63) is 23.8 Å². The van der Waals surface area contributed by atoms with E-state index in [-0.39, 0.29) is 11.3 Å². The molecule has 1 N–H and O–H groups in total. The second kappa shape index (κ2) is 6.05. The molecule has 1 aromatic rings. The van der Waals surface area contributed by atoms with Gasteiger partial charge in [0.25, 0.3) is 0 Å². The van der Waals surface area contributed by atoms with Gasteiger partial charge in [0.05, 0.1) is 7.11 Å². The van der Waals surface area contributed by atoms with Crippen LogP contribution in [0.1, 0.15) is 11.6 Å². The number of alkyl halides is 5. The Morgan fingerprint density at radius 3 is 2.21 bits per heavy atom. The van der Waals surface area contributed by atoms with Crippen LogP contribution in [0.4, 0.5) is 22.0 Å². The van der Waals surface area contributed by atoms with Gasteiger partial charge in [-0.2, -0.15) is 22.0 Å². The Bertz CT molecular complexity index is 422. The van der Waals surface area contributed by atoms with Crippen molar-refractivity contribution in [2.24, 2.45) is 0 Å². The summed E-state index contributed by atoms with van der Waals surface area (Å²) in [7, 11) is 2.32. The van der Waals surface area contributed by atoms with E-state index in [1.165, 1.54) is 7.11 Å². The minimum Gasteiger partial charge on any atom is -0.493 e. The topological polar surface area (TPSA) is 30.5 Å². The van der Waals surface area contributed by atoms with Gasteiger partial charge >= 0.3 is 12.8 Å². The van der Waals surface area contributed by atoms with Gasteiger partial charge in [-0.25, -0.2) is 0 Å². The lowest BCUT2D eigenvalue weighted by molar-refractivity contribution is -0.156. The summed E-state index contributed by atoms with van der Waals surface area (Å²) >= 11 is 0. The van der Waals surface area contributed by atoms with Gasteiger partial charge in [-0.15, -0.1) is 0 Å². The van der Waals surface area contributed by atoms with Gasteiger partial charge in [-0.05, 0) is 24.7 Å². The third kappa shape index (κ3) is 3.95. The standard InChI is InChI=1S/C11H12F5NO2/c1-17-9(11(14,15)16)6-3-4-7(18-2)8(5-6)19-10(12)13/h3-5,9-10,17H,1-2H3. The third-order valence-electron chi connectivity index (χ3n) is 2.35. The molecule has 0 saturated heterocycles. The fourth-order valence-electron chi connectivity index (χ4n) is 1.58. The van der Waals surface area contributed by atoms with Gasteiger partial charge in [0, 0.05) is 0 Å². The van der Waals surface area contributed by atoms with Crippen molar-refractivity contribution < 1.29 is 31.4 Å². The van der Waals surface area contributed by atoms with Crippen LogP contribution in [0.2, 0.25) is 0 Å². The van der Waals surface area contributed by atoms with Gasteiger partial charge in [0.2, 0.25) is 0 Å². The number of methoxy groups -OCH3 is 1. The van der Waals surface area contributed by atoms with Gasteiger partial charge in [0.1, 0.15) is 6.04 Å². The van der Waals surface area contributed by atoms with Gasteiger partial charge in [-0.3, -0.25) is 0 Å². The molecule has 19 heavy (non-hydrogen) atoms. The molecule has 1 atom stereocenters. The van der Waals surface area contributed by atoms with E-state index in [0.29, 0.717) is 0 Å². The molecule has 1 unspecified atom stereocenters. The Kier molecular flexibility index (Phi) is 4.93. The van der Waals surface area contributed by atoms with E-state index in [1.54, 1.807) is 0 Å². The molecule has 0 radical (unpaired) electrons. The second-order valence-corrected chi connectivity index (χ2v) is 3.55. The largest absolute Gasteiger partial charge is 0.493 e. The Labute approximate surface area is 106 Å². The van der Waals surface area contributed by atoms with Crippen molar-refractivity contribution in [2.45, 2.75) is 18.8 Å². The van der Waals surface area contributed by atoms with Crippen LogP contribution in [0.25, 0.3) is 0 Å². The zero-order valence-corrected chi connectivity index (χ0v) is 10.1. The van der Waals surface area contributed by atoms with Crippen LogP contribution in [0.3, 0.4) is 0 Å². The van der Waals surface area contributed by atoms with Crippen molar-refractivity contribution in [2.75, 3.05) is 14.2 Å². The highest BCUT2D eigenvalue weighted by Crippen LogP contribution is 2.37. The lowest BCUT2D eigenvalue weighted by Gasteiger charge is -2.21. The highest BCUT2D eigenvalue weighted by Gasteiger charge is 2.40. The first-order chi connectivity index (χ1) is 8.79. The average Bonchev–Trinajstić information content (AvgIpc) is 2.27. The lowest BCUT2D eigenvalue weighted by atomic mass is 10.1. The molecule has 0 aliphatic heterocycles. The van der Waals surface area contributed by atoms with Crippen LogP contribution in [0, 0.1) is 0 Å². The Balaban J connectivity index is 3.16. The van der Waals surface area contributed by atoms with Crippen LogP contribution in [0.5, 0.6) is 11.5 Å². The number of hydrogen-bond donors (Lipinski definition) is 1. The van der Waals surface area contributed by atoms with Gasteiger partial charge in [-0.1, -0.05) is 6.07 Å². The summed E-state index contributed by atoms with van der Waals surface area (Å²) in [6.07, 6.45) is -4.55. The quantitative estimate of drug-likeness (QED) is 0.843. The smallest absolute Gasteiger partial charge is 0.407 e. The second-order valence-electron chi connectivity index (χ2n) is 3.55. The van der Waals surface area contributed by atoms with E-state index in [1.807, 2.05) is 0 Å². The molecule has 0 bridgehead atoms. The number of rotatable bonds is 5. The van der Waals surface area contributed by atoms with Gasteiger partial charge in [0.15, 0.2) is 11.5 Å². The Hall–Kier alpha value is -1.57. The molecule has 0 saturated carbocycles. The monoisotopic (exact) mass is 285 g/mol. The molecule has 1 rings (SSSR count). The van der Waals surface area contributed by atoms with Crippen molar-refractivity contribution in [3.63, 3.8) is 0 Å². The molecule has 0 spiro atoms. The summed E-state index contributed by atoms with van der Waals surface area (Å²) in [6, 6.07) is 1.17. The van der Waals surface area contributed by atoms with E-state index in [9.17, 15) is 22.0 Å². The highest BCUT2D eigenvalue weighted by atomic mass is 19.4. The predicted octanol–water partition coefficient (Wildman–Crippen LogP) is 3.12. The summed E-state index contributed by atoms with van der Waals surface area (Å²) in [4.78, 5) is 0. The minimum atomic E-state index is -4.55. The number of ether oxygens (including phenoxy) is 2. The SMILES string of the molecule is CNC(c1ccc(OC)c(OC(F)F)c1)C(F)(F)F. The minimum absolute atomic E-state index is 0.0684. The summed E-state index contributed by atoms with van der Waals surface area (Å²) in [5.74, 6) is -0.513. The number of benzene rings is 1. The summed E-state index contributed by atoms with van der Waals surface area (Å²) in [5.41, 5.74) is -0.244. The fraction of sp³-hybridized carbons (Fsp3) is 0.455. The zero-order valence-electron chi connectivity index (χ0n) is 10.1. The van der Waals surface area contributed by atoms with Crippen LogP contribution >= 0.6 is 0 Å². The summed E-state index contributed by atoms with van der Waals surface area (Å²) in [5, 5.41) is 2.07. The maximum absolute atomic E-state index is 12.7. The van der Waals surface area contributed by atoms with Crippen LogP contribution < -0.4 is 14.8 Å². The molecule has 0 aliphatic carbocycles. The number of hydrogen-bond acceptors (Lipinski definition) is 3. The van der Waals surface area contributed by atoms with Crippen LogP contribution in [0.15, 0.2) is 18.2 Å². The lowest BCUT2D eigenvalue weighted by Crippen LogP contribution is -2.31. The van der Waals surface area contributed by atoms with E-state index in [0.717, 1.165) is 25.2 Å². The third-order valence-corrected chi connectivity index (χ3v) is 2.35. The van der Waals surface area contributed by atoms with Crippen molar-refractivity contribution in [1.29, 1.82) is 0 Å². The van der Waals surface area contributed by atoms with Crippen molar-refractivity contribution in [1.82, 2.24) is 5.32 Å². The molecule has 3 nitrogen and oxygen atoms in total. The van der Waals surface area contributed by atoms with E-state index in [2.05, 4.69) is 10.1 Å². The van der Waals surface area contributed by atoms with Crippen LogP contribution in [-0.4, -0.2) is 26.9 Å². The molecule has 0 amide bonds. The molecule has 108 valence electrons. The molecular weight excluding hydrogens is 273 g/mol. The van der Waals surface area contributed by atoms with E-state index < -0.39 is 24.6 Å². The number of nitrogens with one attached hydrogen (secondary N) is 1. The normalized spacial score (nSPS) is 13.5. The maximum atomic E-state index is 12.7. The molecule has 8 heteroatoms. The predicted molar refractivity (Wildman–Crippen MR) is 57.5 cm³/mol. The Morgan fingerprint density at radius 1 is 1.16 bits per heavy atom. The average molecular weight is 285 g/mol. The molecule has 0 fully saturated rings. The maximum Gasteiger partial charge on any atom is 0.407 e. The van der Waals surface area contributed by atoms with Crippen molar-refractivity contribution >= 4 is 0 Å². The molecule has 0 aliphatic rings. The first-order valence-corrected chi connectivity index (χ1v) is 5.16. The highest BCUT2D eigenvalue weighted by molar-refractivity contribution is 5.44. The molecule has 0 heterocycles. The first kappa shape index (κ1) is 15.5. The van der Waals surface area contributed by atoms with Crippen molar-refractivity contribution in [3.8, 4) is 11.5 Å². The van der Waals surface area contributed by atoms with Gasteiger partial charge < -0.3 is 14.8 Å². The summed E-state index contributed by atoms with van der Waals surface area (Å²) in [6.45, 7) is -3.15. The zero-order chi connectivity index (χ0) is 14.6. The summed E-state index contributed by atoms with van der Waals surface area (Å²) < 4.78 is 71.3. The fourth-order valence-corrected chi connectivity index (χ4v) is 1.58. The van der Waals surface area contributed by atoms with E-state index >= 15 is 0 Å². The first-order valence-electron chi connectivity index (χ1n) is 5.16. The molecular formula is C11H12F5NO2. The van der Waals surface area contributed by atoms with Crippen LogP contribution in [-0.2, 0) is 0 Å². The number of halogens is 5. The molecule has 1 aromatic carbocycles.